The van der Waals surface area contributed by atoms with Crippen molar-refractivity contribution in [3.05, 3.63) is 88.5 Å². The van der Waals surface area contributed by atoms with E-state index in [-0.39, 0.29) is 11.7 Å². The third-order valence-corrected chi connectivity index (χ3v) is 5.26. The molecule has 1 N–H and O–H groups in total. The van der Waals surface area contributed by atoms with Gasteiger partial charge < -0.3 is 5.32 Å². The molecule has 152 valence electrons. The number of halogens is 3. The molecule has 1 aliphatic carbocycles. The molecule has 3 aromatic rings. The van der Waals surface area contributed by atoms with Crippen molar-refractivity contribution in [3.8, 4) is 11.1 Å². The summed E-state index contributed by atoms with van der Waals surface area (Å²) >= 11 is 0. The Balaban J connectivity index is 1.65. The molecular weight excluding hydrogens is 391 g/mol. The summed E-state index contributed by atoms with van der Waals surface area (Å²) in [7, 11) is 0. The molecule has 0 aliphatic heterocycles. The Bertz CT molecular complexity index is 1150. The summed E-state index contributed by atoms with van der Waals surface area (Å²) in [5, 5.41) is 2.85. The first-order chi connectivity index (χ1) is 14.2. The zero-order valence-corrected chi connectivity index (χ0v) is 16.1. The summed E-state index contributed by atoms with van der Waals surface area (Å²) in [6.45, 7) is 1.81. The number of fused-ring (bicyclic) bond motifs is 1. The highest BCUT2D eigenvalue weighted by molar-refractivity contribution is 6.09. The van der Waals surface area contributed by atoms with Crippen molar-refractivity contribution in [1.82, 2.24) is 0 Å². The van der Waals surface area contributed by atoms with Crippen LogP contribution in [-0.2, 0) is 23.8 Å². The lowest BCUT2D eigenvalue weighted by molar-refractivity contribution is -0.137. The van der Waals surface area contributed by atoms with Gasteiger partial charge in [-0.1, -0.05) is 30.3 Å². The van der Waals surface area contributed by atoms with Crippen molar-refractivity contribution in [2.45, 2.75) is 25.9 Å². The second-order valence-corrected chi connectivity index (χ2v) is 7.40. The number of alkyl halides is 3. The minimum atomic E-state index is -4.42. The average Bonchev–Trinajstić information content (AvgIpc) is 3.06. The average molecular weight is 409 g/mol. The molecule has 0 aromatic heterocycles. The molecule has 1 aliphatic rings. The Morgan fingerprint density at radius 2 is 1.63 bits per heavy atom. The molecule has 0 atom stereocenters. The number of ketones is 1. The van der Waals surface area contributed by atoms with E-state index in [2.05, 4.69) is 5.32 Å². The van der Waals surface area contributed by atoms with Crippen molar-refractivity contribution >= 4 is 17.4 Å². The molecule has 0 bridgehead atoms. The van der Waals surface area contributed by atoms with E-state index >= 15 is 0 Å². The number of rotatable bonds is 3. The first kappa shape index (κ1) is 19.9. The lowest BCUT2D eigenvalue weighted by atomic mass is 9.93. The Labute approximate surface area is 171 Å². The number of Topliss-reactive ketones (excluding diaryl/α,β-unsaturated/α-hetero) is 1. The summed E-state index contributed by atoms with van der Waals surface area (Å²) in [6, 6.07) is 15.4. The topological polar surface area (TPSA) is 46.2 Å². The van der Waals surface area contributed by atoms with E-state index in [1.807, 2.05) is 19.1 Å². The lowest BCUT2D eigenvalue weighted by Gasteiger charge is -2.15. The lowest BCUT2D eigenvalue weighted by Crippen LogP contribution is -2.14. The van der Waals surface area contributed by atoms with Crippen molar-refractivity contribution in [3.63, 3.8) is 0 Å². The van der Waals surface area contributed by atoms with Crippen LogP contribution in [0.3, 0.4) is 0 Å². The van der Waals surface area contributed by atoms with E-state index in [1.54, 1.807) is 24.3 Å². The zero-order chi connectivity index (χ0) is 21.5. The molecule has 0 spiro atoms. The standard InChI is InChI=1S/C24H18F3NO2/c1-14-3-2-4-21(22(14)15-5-8-18(9-6-15)24(25,26)27)23(30)28-19-10-7-16-12-20(29)13-17(16)11-19/h2-11H,12-13H2,1H3,(H,28,30). The Morgan fingerprint density at radius 1 is 0.933 bits per heavy atom. The smallest absolute Gasteiger partial charge is 0.322 e. The second kappa shape index (κ2) is 7.44. The number of aryl methyl sites for hydroxylation is 1. The largest absolute Gasteiger partial charge is 0.416 e. The third kappa shape index (κ3) is 3.85. The number of anilines is 1. The van der Waals surface area contributed by atoms with E-state index in [0.717, 1.165) is 28.8 Å². The van der Waals surface area contributed by atoms with Crippen LogP contribution in [0, 0.1) is 6.92 Å². The highest BCUT2D eigenvalue weighted by Gasteiger charge is 2.30. The van der Waals surface area contributed by atoms with Crippen LogP contribution in [0.1, 0.15) is 32.6 Å². The Morgan fingerprint density at radius 3 is 2.33 bits per heavy atom. The van der Waals surface area contributed by atoms with Crippen molar-refractivity contribution in [1.29, 1.82) is 0 Å². The van der Waals surface area contributed by atoms with Crippen LogP contribution >= 0.6 is 0 Å². The molecule has 0 saturated carbocycles. The van der Waals surface area contributed by atoms with Gasteiger partial charge in [-0.15, -0.1) is 0 Å². The number of amides is 1. The predicted octanol–water partition coefficient (Wildman–Crippen LogP) is 5.60. The maximum atomic E-state index is 13.0. The van der Waals surface area contributed by atoms with Gasteiger partial charge in [-0.3, -0.25) is 9.59 Å². The van der Waals surface area contributed by atoms with Gasteiger partial charge in [0.25, 0.3) is 5.91 Å². The van der Waals surface area contributed by atoms with Gasteiger partial charge in [0, 0.05) is 24.1 Å². The predicted molar refractivity (Wildman–Crippen MR) is 108 cm³/mol. The summed E-state index contributed by atoms with van der Waals surface area (Å²) < 4.78 is 38.7. The normalized spacial score (nSPS) is 13.3. The maximum Gasteiger partial charge on any atom is 0.416 e. The number of carbonyl (C=O) groups is 2. The molecule has 4 rings (SSSR count). The monoisotopic (exact) mass is 409 g/mol. The van der Waals surface area contributed by atoms with E-state index in [0.29, 0.717) is 35.2 Å². The fourth-order valence-electron chi connectivity index (χ4n) is 3.79. The molecule has 0 radical (unpaired) electrons. The van der Waals surface area contributed by atoms with E-state index in [1.165, 1.54) is 12.1 Å². The number of hydrogen-bond acceptors (Lipinski definition) is 2. The van der Waals surface area contributed by atoms with Gasteiger partial charge in [0.1, 0.15) is 5.78 Å². The third-order valence-electron chi connectivity index (χ3n) is 5.26. The SMILES string of the molecule is Cc1cccc(C(=O)Nc2ccc3c(c2)CC(=O)C3)c1-c1ccc(C(F)(F)F)cc1. The van der Waals surface area contributed by atoms with Crippen molar-refractivity contribution in [2.75, 3.05) is 5.32 Å². The maximum absolute atomic E-state index is 13.0. The number of benzene rings is 3. The Hall–Kier alpha value is -3.41. The van der Waals surface area contributed by atoms with Crippen LogP contribution in [0.15, 0.2) is 60.7 Å². The van der Waals surface area contributed by atoms with Crippen LogP contribution < -0.4 is 5.32 Å². The second-order valence-electron chi connectivity index (χ2n) is 7.40. The van der Waals surface area contributed by atoms with Crippen LogP contribution in [0.4, 0.5) is 18.9 Å². The molecule has 0 heterocycles. The van der Waals surface area contributed by atoms with E-state index in [9.17, 15) is 22.8 Å². The van der Waals surface area contributed by atoms with Crippen molar-refractivity contribution in [2.24, 2.45) is 0 Å². The minimum absolute atomic E-state index is 0.150. The van der Waals surface area contributed by atoms with Crippen LogP contribution in [-0.4, -0.2) is 11.7 Å². The highest BCUT2D eigenvalue weighted by atomic mass is 19.4. The molecule has 3 aromatic carbocycles. The summed E-state index contributed by atoms with van der Waals surface area (Å²) in [5.74, 6) is -0.213. The summed E-state index contributed by atoms with van der Waals surface area (Å²) in [6.07, 6.45) is -3.64. The van der Waals surface area contributed by atoms with Gasteiger partial charge in [0.2, 0.25) is 0 Å². The molecule has 0 saturated heterocycles. The van der Waals surface area contributed by atoms with E-state index < -0.39 is 11.7 Å². The molecule has 30 heavy (non-hydrogen) atoms. The molecular formula is C24H18F3NO2. The molecule has 3 nitrogen and oxygen atoms in total. The fraction of sp³-hybridized carbons (Fsp3) is 0.167. The first-order valence-corrected chi connectivity index (χ1v) is 9.44. The number of nitrogens with one attached hydrogen (secondary N) is 1. The van der Waals surface area contributed by atoms with Crippen LogP contribution in [0.5, 0.6) is 0 Å². The van der Waals surface area contributed by atoms with Gasteiger partial charge in [0.05, 0.1) is 5.56 Å². The summed E-state index contributed by atoms with van der Waals surface area (Å²) in [5.41, 5.74) is 3.98. The summed E-state index contributed by atoms with van der Waals surface area (Å²) in [4.78, 5) is 24.6. The fourth-order valence-corrected chi connectivity index (χ4v) is 3.79. The van der Waals surface area contributed by atoms with Crippen molar-refractivity contribution < 1.29 is 22.8 Å². The zero-order valence-electron chi connectivity index (χ0n) is 16.1. The molecule has 0 fully saturated rings. The minimum Gasteiger partial charge on any atom is -0.322 e. The van der Waals surface area contributed by atoms with E-state index in [4.69, 9.17) is 0 Å². The first-order valence-electron chi connectivity index (χ1n) is 9.44. The molecule has 0 unspecified atom stereocenters. The molecule has 6 heteroatoms. The Kier molecular flexibility index (Phi) is 4.94. The quantitative estimate of drug-likeness (QED) is 0.612. The number of carbonyl (C=O) groups excluding carboxylic acids is 2. The van der Waals surface area contributed by atoms with Gasteiger partial charge in [-0.2, -0.15) is 13.2 Å². The van der Waals surface area contributed by atoms with Gasteiger partial charge in [-0.25, -0.2) is 0 Å². The van der Waals surface area contributed by atoms with Crippen LogP contribution in [0.2, 0.25) is 0 Å². The molecule has 1 amide bonds. The number of hydrogen-bond donors (Lipinski definition) is 1. The van der Waals surface area contributed by atoms with Gasteiger partial charge in [0.15, 0.2) is 0 Å². The highest BCUT2D eigenvalue weighted by Crippen LogP contribution is 2.33. The van der Waals surface area contributed by atoms with Gasteiger partial charge in [-0.05, 0) is 65.1 Å². The van der Waals surface area contributed by atoms with Gasteiger partial charge >= 0.3 is 6.18 Å². The van der Waals surface area contributed by atoms with Crippen LogP contribution in [0.25, 0.3) is 11.1 Å².